The van der Waals surface area contributed by atoms with Gasteiger partial charge in [-0.3, -0.25) is 5.43 Å². The van der Waals surface area contributed by atoms with E-state index in [9.17, 15) is 0 Å². The first-order chi connectivity index (χ1) is 8.78. The van der Waals surface area contributed by atoms with Crippen LogP contribution in [0.1, 0.15) is 17.3 Å². The van der Waals surface area contributed by atoms with E-state index in [0.717, 1.165) is 15.9 Å². The molecule has 90 valence electrons. The van der Waals surface area contributed by atoms with Crippen molar-refractivity contribution in [1.29, 1.82) is 0 Å². The van der Waals surface area contributed by atoms with Crippen molar-refractivity contribution in [1.82, 2.24) is 10.3 Å². The number of rotatable bonds is 2. The summed E-state index contributed by atoms with van der Waals surface area (Å²) in [6, 6.07) is 8.29. The monoisotopic (exact) mass is 301 g/mol. The summed E-state index contributed by atoms with van der Waals surface area (Å²) < 4.78 is 1.04. The number of nitrogens with one attached hydrogen (secondary N) is 1. The summed E-state index contributed by atoms with van der Waals surface area (Å²) in [5.74, 6) is 0.927. The molecule has 3 nitrogen and oxygen atoms in total. The van der Waals surface area contributed by atoms with E-state index in [-0.39, 0.29) is 6.17 Å². The van der Waals surface area contributed by atoms with Crippen LogP contribution in [0.25, 0.3) is 6.08 Å². The van der Waals surface area contributed by atoms with E-state index in [1.54, 1.807) is 0 Å². The first-order valence-corrected chi connectivity index (χ1v) is 6.46. The summed E-state index contributed by atoms with van der Waals surface area (Å²) in [5.41, 5.74) is 5.44. The van der Waals surface area contributed by atoms with Gasteiger partial charge in [-0.1, -0.05) is 36.9 Å². The van der Waals surface area contributed by atoms with Gasteiger partial charge in [-0.2, -0.15) is 5.10 Å². The highest BCUT2D eigenvalue weighted by Crippen LogP contribution is 2.28. The molecule has 1 aromatic rings. The van der Waals surface area contributed by atoms with Crippen molar-refractivity contribution in [2.75, 3.05) is 0 Å². The van der Waals surface area contributed by atoms with E-state index in [1.165, 1.54) is 5.56 Å². The third kappa shape index (κ3) is 1.88. The lowest BCUT2D eigenvalue weighted by Crippen LogP contribution is -2.29. The molecule has 0 saturated heterocycles. The molecule has 1 aromatic carbocycles. The van der Waals surface area contributed by atoms with Gasteiger partial charge in [0.1, 0.15) is 6.17 Å². The topological polar surface area (TPSA) is 27.6 Å². The Morgan fingerprint density at radius 2 is 2.06 bits per heavy atom. The number of allylic oxidation sites excluding steroid dienone is 2. The largest absolute Gasteiger partial charge is 0.304 e. The fraction of sp³-hybridized carbons (Fsp3) is 0.0714. The van der Waals surface area contributed by atoms with Gasteiger partial charge in [0, 0.05) is 10.7 Å². The predicted molar refractivity (Wildman–Crippen MR) is 77.8 cm³/mol. The Morgan fingerprint density at radius 1 is 1.28 bits per heavy atom. The number of fused-ring (bicyclic) bond motifs is 1. The van der Waals surface area contributed by atoms with E-state index in [1.807, 2.05) is 24.4 Å². The van der Waals surface area contributed by atoms with Gasteiger partial charge in [-0.05, 0) is 39.2 Å². The number of hydrazone groups is 1. The molecule has 0 radical (unpaired) electrons. The molecule has 2 aliphatic heterocycles. The number of halogens is 1. The third-order valence-electron chi connectivity index (χ3n) is 2.99. The first-order valence-electron chi connectivity index (χ1n) is 5.67. The number of amidine groups is 1. The highest BCUT2D eigenvalue weighted by molar-refractivity contribution is 9.11. The fourth-order valence-corrected chi connectivity index (χ4v) is 2.38. The minimum absolute atomic E-state index is 0.0522. The second-order valence-electron chi connectivity index (χ2n) is 4.13. The lowest BCUT2D eigenvalue weighted by atomic mass is 10.1. The number of nitrogens with zero attached hydrogens (tertiary/aromatic N) is 2. The van der Waals surface area contributed by atoms with Crippen LogP contribution in [-0.2, 0) is 0 Å². The van der Waals surface area contributed by atoms with Gasteiger partial charge < -0.3 is 4.90 Å². The molecule has 2 aliphatic rings. The van der Waals surface area contributed by atoms with E-state index < -0.39 is 0 Å². The van der Waals surface area contributed by atoms with Crippen LogP contribution in [0.15, 0.2) is 58.8 Å². The van der Waals surface area contributed by atoms with Crippen molar-refractivity contribution in [2.24, 2.45) is 5.10 Å². The second-order valence-corrected chi connectivity index (χ2v) is 5.04. The molecule has 0 aliphatic carbocycles. The van der Waals surface area contributed by atoms with Crippen LogP contribution in [0.3, 0.4) is 0 Å². The Labute approximate surface area is 114 Å². The van der Waals surface area contributed by atoms with Crippen LogP contribution in [0.2, 0.25) is 0 Å². The summed E-state index contributed by atoms with van der Waals surface area (Å²) in [4.78, 5) is 2.10. The third-order valence-corrected chi connectivity index (χ3v) is 3.46. The molecule has 0 aromatic heterocycles. The normalized spacial score (nSPS) is 20.9. The molecule has 1 N–H and O–H groups in total. The Kier molecular flexibility index (Phi) is 2.80. The van der Waals surface area contributed by atoms with Crippen LogP contribution in [-0.4, -0.2) is 10.7 Å². The minimum Gasteiger partial charge on any atom is -0.304 e. The zero-order chi connectivity index (χ0) is 12.5. The van der Waals surface area contributed by atoms with Crippen LogP contribution < -0.4 is 5.43 Å². The Hall–Kier alpha value is -1.81. The van der Waals surface area contributed by atoms with Gasteiger partial charge in [0.25, 0.3) is 0 Å². The van der Waals surface area contributed by atoms with Gasteiger partial charge in [-0.15, -0.1) is 0 Å². The van der Waals surface area contributed by atoms with Crippen molar-refractivity contribution in [3.05, 3.63) is 64.8 Å². The van der Waals surface area contributed by atoms with E-state index in [0.29, 0.717) is 0 Å². The van der Waals surface area contributed by atoms with Crippen LogP contribution in [0.4, 0.5) is 0 Å². The fourth-order valence-electron chi connectivity index (χ4n) is 2.02. The standard InChI is InChI=1S/C14H12BrN3/c1-2-10-3-5-11(6-4-10)14-17-16-13-8-7-12(15)9-18(13)14/h2-9,14,17H,1H2. The minimum atomic E-state index is 0.0522. The molecule has 3 rings (SSSR count). The highest BCUT2D eigenvalue weighted by Gasteiger charge is 2.27. The SMILES string of the molecule is C=Cc1ccc(C2NN=C3C=CC(Br)=CN32)cc1. The van der Waals surface area contributed by atoms with Crippen LogP contribution >= 0.6 is 15.9 Å². The van der Waals surface area contributed by atoms with Crippen LogP contribution in [0.5, 0.6) is 0 Å². The average Bonchev–Trinajstić information content (AvgIpc) is 2.82. The number of hydrogen-bond donors (Lipinski definition) is 1. The second kappa shape index (κ2) is 4.46. The maximum absolute atomic E-state index is 4.31. The zero-order valence-electron chi connectivity index (χ0n) is 9.68. The summed E-state index contributed by atoms with van der Waals surface area (Å²) in [7, 11) is 0. The lowest BCUT2D eigenvalue weighted by molar-refractivity contribution is 0.391. The number of hydrogen-bond acceptors (Lipinski definition) is 3. The van der Waals surface area contributed by atoms with Crippen molar-refractivity contribution >= 4 is 27.8 Å². The van der Waals surface area contributed by atoms with Gasteiger partial charge >= 0.3 is 0 Å². The summed E-state index contributed by atoms with van der Waals surface area (Å²) in [5, 5.41) is 4.31. The maximum Gasteiger partial charge on any atom is 0.154 e. The van der Waals surface area contributed by atoms with Crippen molar-refractivity contribution in [3.8, 4) is 0 Å². The van der Waals surface area contributed by atoms with Gasteiger partial charge in [-0.25, -0.2) is 0 Å². The van der Waals surface area contributed by atoms with Crippen LogP contribution in [0, 0.1) is 0 Å². The molecule has 0 bridgehead atoms. The Balaban J connectivity index is 1.90. The Bertz CT molecular complexity index is 569. The maximum atomic E-state index is 4.31. The average molecular weight is 302 g/mol. The molecule has 0 saturated carbocycles. The lowest BCUT2D eigenvalue weighted by Gasteiger charge is -2.25. The molecule has 1 atom stereocenters. The molecular formula is C14H12BrN3. The number of benzene rings is 1. The summed E-state index contributed by atoms with van der Waals surface area (Å²) in [6.07, 6.45) is 7.89. The van der Waals surface area contributed by atoms with Gasteiger partial charge in [0.15, 0.2) is 5.84 Å². The van der Waals surface area contributed by atoms with E-state index in [4.69, 9.17) is 0 Å². The predicted octanol–water partition coefficient (Wildman–Crippen LogP) is 3.35. The van der Waals surface area contributed by atoms with Crippen molar-refractivity contribution in [2.45, 2.75) is 6.17 Å². The Morgan fingerprint density at radius 3 is 2.78 bits per heavy atom. The van der Waals surface area contributed by atoms with Gasteiger partial charge in [0.2, 0.25) is 0 Å². The summed E-state index contributed by atoms with van der Waals surface area (Å²) in [6.45, 7) is 3.76. The van der Waals surface area contributed by atoms with E-state index in [2.05, 4.69) is 62.2 Å². The molecule has 0 amide bonds. The van der Waals surface area contributed by atoms with Crippen molar-refractivity contribution in [3.63, 3.8) is 0 Å². The zero-order valence-corrected chi connectivity index (χ0v) is 11.3. The van der Waals surface area contributed by atoms with Crippen molar-refractivity contribution < 1.29 is 0 Å². The van der Waals surface area contributed by atoms with Gasteiger partial charge in [0.05, 0.1) is 0 Å². The molecule has 4 heteroatoms. The molecule has 1 unspecified atom stereocenters. The molecule has 18 heavy (non-hydrogen) atoms. The molecule has 0 fully saturated rings. The summed E-state index contributed by atoms with van der Waals surface area (Å²) >= 11 is 3.48. The highest BCUT2D eigenvalue weighted by atomic mass is 79.9. The van der Waals surface area contributed by atoms with E-state index >= 15 is 0 Å². The molecule has 2 heterocycles. The molecular weight excluding hydrogens is 290 g/mol. The molecule has 0 spiro atoms. The first kappa shape index (κ1) is 11.3. The smallest absolute Gasteiger partial charge is 0.154 e. The quantitative estimate of drug-likeness (QED) is 0.907.